The van der Waals surface area contributed by atoms with Gasteiger partial charge in [-0.1, -0.05) is 19.4 Å². The van der Waals surface area contributed by atoms with Gasteiger partial charge in [0.25, 0.3) is 5.56 Å². The second kappa shape index (κ2) is 5.93. The number of nitrogens with one attached hydrogen (secondary N) is 2. The van der Waals surface area contributed by atoms with Gasteiger partial charge in [0.05, 0.1) is 18.6 Å². The zero-order valence-electron chi connectivity index (χ0n) is 10.6. The van der Waals surface area contributed by atoms with Crippen molar-refractivity contribution < 1.29 is 5.11 Å². The van der Waals surface area contributed by atoms with Crippen LogP contribution in [0.2, 0.25) is 0 Å². The first-order valence-corrected chi connectivity index (χ1v) is 6.36. The molecular weight excluding hydrogens is 230 g/mol. The summed E-state index contributed by atoms with van der Waals surface area (Å²) in [4.78, 5) is 18.4. The third kappa shape index (κ3) is 2.68. The molecule has 0 aromatic carbocycles. The molecule has 0 amide bonds. The van der Waals surface area contributed by atoms with E-state index in [1.54, 1.807) is 0 Å². The fourth-order valence-electron chi connectivity index (χ4n) is 2.23. The van der Waals surface area contributed by atoms with E-state index in [0.29, 0.717) is 13.0 Å². The summed E-state index contributed by atoms with van der Waals surface area (Å²) in [5.74, 6) is 0. The first-order valence-electron chi connectivity index (χ1n) is 6.36. The van der Waals surface area contributed by atoms with Gasteiger partial charge >= 0.3 is 0 Å². The van der Waals surface area contributed by atoms with Gasteiger partial charge in [0.1, 0.15) is 0 Å². The van der Waals surface area contributed by atoms with Crippen molar-refractivity contribution in [1.82, 2.24) is 15.3 Å². The van der Waals surface area contributed by atoms with Crippen molar-refractivity contribution in [3.8, 4) is 0 Å². The molecule has 1 atom stereocenters. The van der Waals surface area contributed by atoms with Crippen molar-refractivity contribution in [2.45, 2.75) is 32.2 Å². The Balaban J connectivity index is 2.01. The number of hydrogen-bond acceptors (Lipinski definition) is 4. The maximum Gasteiger partial charge on any atom is 0.254 e. The van der Waals surface area contributed by atoms with Crippen molar-refractivity contribution in [3.05, 3.63) is 34.0 Å². The summed E-state index contributed by atoms with van der Waals surface area (Å²) in [6, 6.07) is 0.113. The summed E-state index contributed by atoms with van der Waals surface area (Å²) >= 11 is 0. The van der Waals surface area contributed by atoms with Crippen LogP contribution in [0, 0.1) is 0 Å². The number of H-pyrrole nitrogens is 1. The van der Waals surface area contributed by atoms with Gasteiger partial charge in [-0.3, -0.25) is 4.79 Å². The van der Waals surface area contributed by atoms with Crippen LogP contribution in [0.1, 0.15) is 31.0 Å². The maximum absolute atomic E-state index is 11.6. The number of aromatic amines is 1. The molecule has 0 saturated heterocycles. The lowest BCUT2D eigenvalue weighted by molar-refractivity contribution is 0.239. The minimum absolute atomic E-state index is 0.0569. The van der Waals surface area contributed by atoms with Crippen molar-refractivity contribution >= 4 is 5.57 Å². The van der Waals surface area contributed by atoms with Crippen LogP contribution < -0.4 is 10.9 Å². The topological polar surface area (TPSA) is 78.0 Å². The Morgan fingerprint density at radius 1 is 1.61 bits per heavy atom. The lowest BCUT2D eigenvalue weighted by Crippen LogP contribution is -2.33. The molecule has 0 bridgehead atoms. The molecule has 0 aliphatic heterocycles. The van der Waals surface area contributed by atoms with E-state index in [-0.39, 0.29) is 18.2 Å². The van der Waals surface area contributed by atoms with Gasteiger partial charge in [-0.15, -0.1) is 0 Å². The lowest BCUT2D eigenvalue weighted by Gasteiger charge is -2.15. The summed E-state index contributed by atoms with van der Waals surface area (Å²) in [6.07, 6.45) is 6.09. The highest BCUT2D eigenvalue weighted by molar-refractivity contribution is 5.70. The number of aromatic nitrogens is 2. The van der Waals surface area contributed by atoms with Crippen LogP contribution in [0.4, 0.5) is 0 Å². The van der Waals surface area contributed by atoms with Crippen molar-refractivity contribution in [1.29, 1.82) is 0 Å². The van der Waals surface area contributed by atoms with E-state index >= 15 is 0 Å². The molecule has 5 nitrogen and oxygen atoms in total. The highest BCUT2D eigenvalue weighted by Crippen LogP contribution is 2.21. The number of nitrogens with zero attached hydrogens (tertiary/aromatic N) is 1. The van der Waals surface area contributed by atoms with Crippen LogP contribution >= 0.6 is 0 Å². The van der Waals surface area contributed by atoms with Gasteiger partial charge in [0.15, 0.2) is 0 Å². The van der Waals surface area contributed by atoms with E-state index in [0.717, 1.165) is 29.7 Å². The minimum Gasteiger partial charge on any atom is -0.395 e. The summed E-state index contributed by atoms with van der Waals surface area (Å²) in [5, 5.41) is 12.5. The number of aliphatic hydroxyl groups excluding tert-OH is 1. The highest BCUT2D eigenvalue weighted by atomic mass is 16.3. The first kappa shape index (κ1) is 13.0. The SMILES string of the molecule is CCC[C@@H](CO)NCC1=CCc2c1nc[nH]c2=O. The zero-order valence-corrected chi connectivity index (χ0v) is 10.6. The zero-order chi connectivity index (χ0) is 13.0. The summed E-state index contributed by atoms with van der Waals surface area (Å²) in [7, 11) is 0. The van der Waals surface area contributed by atoms with Crippen molar-refractivity contribution in [2.24, 2.45) is 0 Å². The molecule has 0 spiro atoms. The van der Waals surface area contributed by atoms with E-state index in [2.05, 4.69) is 22.2 Å². The molecule has 2 rings (SSSR count). The fraction of sp³-hybridized carbons (Fsp3) is 0.538. The molecule has 3 N–H and O–H groups in total. The molecule has 1 aromatic heterocycles. The van der Waals surface area contributed by atoms with E-state index in [1.807, 2.05) is 6.08 Å². The molecule has 5 heteroatoms. The van der Waals surface area contributed by atoms with Crippen LogP contribution in [0.3, 0.4) is 0 Å². The molecule has 1 aromatic rings. The van der Waals surface area contributed by atoms with E-state index < -0.39 is 0 Å². The number of hydrogen-bond donors (Lipinski definition) is 3. The monoisotopic (exact) mass is 249 g/mol. The molecule has 0 saturated carbocycles. The van der Waals surface area contributed by atoms with Gasteiger partial charge in [0.2, 0.25) is 0 Å². The quantitative estimate of drug-likeness (QED) is 0.684. The molecule has 18 heavy (non-hydrogen) atoms. The first-order chi connectivity index (χ1) is 8.76. The minimum atomic E-state index is -0.0569. The number of rotatable bonds is 6. The predicted molar refractivity (Wildman–Crippen MR) is 70.3 cm³/mol. The highest BCUT2D eigenvalue weighted by Gasteiger charge is 2.18. The Labute approximate surface area is 106 Å². The molecule has 1 aliphatic rings. The number of allylic oxidation sites excluding steroid dienone is 1. The third-order valence-corrected chi connectivity index (χ3v) is 3.24. The molecule has 98 valence electrons. The molecule has 0 radical (unpaired) electrons. The lowest BCUT2D eigenvalue weighted by atomic mass is 10.1. The smallest absolute Gasteiger partial charge is 0.254 e. The standard InChI is InChI=1S/C13H19N3O2/c1-2-3-10(7-17)14-6-9-4-5-11-12(9)15-8-16-13(11)18/h4,8,10,14,17H,2-3,5-7H2,1H3,(H,15,16,18)/t10-/m0/s1. The van der Waals surface area contributed by atoms with Crippen LogP contribution in [0.15, 0.2) is 17.2 Å². The molecular formula is C13H19N3O2. The summed E-state index contributed by atoms with van der Waals surface area (Å²) in [5.41, 5.74) is 2.52. The Morgan fingerprint density at radius 3 is 3.17 bits per heavy atom. The maximum atomic E-state index is 11.6. The average Bonchev–Trinajstić information content (AvgIpc) is 2.79. The Morgan fingerprint density at radius 2 is 2.44 bits per heavy atom. The number of fused-ring (bicyclic) bond motifs is 1. The third-order valence-electron chi connectivity index (χ3n) is 3.24. The Hall–Kier alpha value is -1.46. The number of aliphatic hydroxyl groups is 1. The molecule has 1 aliphatic carbocycles. The van der Waals surface area contributed by atoms with E-state index in [1.165, 1.54) is 6.33 Å². The van der Waals surface area contributed by atoms with Gasteiger partial charge in [0, 0.05) is 18.2 Å². The Kier molecular flexibility index (Phi) is 4.28. The van der Waals surface area contributed by atoms with Crippen LogP contribution in [-0.4, -0.2) is 34.3 Å². The van der Waals surface area contributed by atoms with E-state index in [4.69, 9.17) is 0 Å². The van der Waals surface area contributed by atoms with Crippen LogP contribution in [-0.2, 0) is 6.42 Å². The van der Waals surface area contributed by atoms with Gasteiger partial charge in [-0.05, 0) is 18.4 Å². The van der Waals surface area contributed by atoms with Crippen molar-refractivity contribution in [2.75, 3.05) is 13.2 Å². The molecule has 0 unspecified atom stereocenters. The van der Waals surface area contributed by atoms with Gasteiger partial charge in [-0.2, -0.15) is 0 Å². The van der Waals surface area contributed by atoms with Gasteiger partial charge < -0.3 is 15.4 Å². The van der Waals surface area contributed by atoms with Crippen LogP contribution in [0.5, 0.6) is 0 Å². The second-order valence-corrected chi connectivity index (χ2v) is 4.54. The summed E-state index contributed by atoms with van der Waals surface area (Å²) in [6.45, 7) is 2.88. The van der Waals surface area contributed by atoms with Crippen molar-refractivity contribution in [3.63, 3.8) is 0 Å². The average molecular weight is 249 g/mol. The van der Waals surface area contributed by atoms with Gasteiger partial charge in [-0.25, -0.2) is 4.98 Å². The van der Waals surface area contributed by atoms with E-state index in [9.17, 15) is 9.90 Å². The largest absolute Gasteiger partial charge is 0.395 e. The normalized spacial score (nSPS) is 15.3. The summed E-state index contributed by atoms with van der Waals surface area (Å²) < 4.78 is 0. The second-order valence-electron chi connectivity index (χ2n) is 4.54. The molecule has 0 fully saturated rings. The molecule has 1 heterocycles. The van der Waals surface area contributed by atoms with Crippen LogP contribution in [0.25, 0.3) is 5.57 Å². The fourth-order valence-corrected chi connectivity index (χ4v) is 2.23. The Bertz CT molecular complexity index is 493. The predicted octanol–water partition coefficient (Wildman–Crippen LogP) is 0.460.